The normalized spacial score (nSPS) is 16.3. The number of benzene rings is 2. The number of para-hydroxylation sites is 1. The Balaban J connectivity index is 1.53. The third-order valence-corrected chi connectivity index (χ3v) is 4.34. The van der Waals surface area contributed by atoms with Crippen LogP contribution in [0.1, 0.15) is 12.0 Å². The molecule has 1 heterocycles. The number of carbonyl (C=O) groups excluding carboxylic acids is 3. The number of aryl methyl sites for hydroxylation is 1. The number of anilines is 2. The lowest BCUT2D eigenvalue weighted by Gasteiger charge is -2.18. The first-order chi connectivity index (χ1) is 12.9. The molecule has 2 aromatic carbocycles. The van der Waals surface area contributed by atoms with Crippen LogP contribution in [0.3, 0.4) is 0 Å². The van der Waals surface area contributed by atoms with Gasteiger partial charge in [-0.05, 0) is 42.8 Å². The second kappa shape index (κ2) is 7.99. The van der Waals surface area contributed by atoms with Gasteiger partial charge in [0.15, 0.2) is 6.61 Å². The van der Waals surface area contributed by atoms with Crippen LogP contribution < -0.4 is 10.2 Å². The van der Waals surface area contributed by atoms with Crippen molar-refractivity contribution in [3.8, 4) is 0 Å². The lowest BCUT2D eigenvalue weighted by atomic mass is 10.1. The highest BCUT2D eigenvalue weighted by atomic mass is 19.1. The average molecular weight is 370 g/mol. The number of ether oxygens (including phenoxy) is 1. The quantitative estimate of drug-likeness (QED) is 0.821. The zero-order chi connectivity index (χ0) is 19.4. The van der Waals surface area contributed by atoms with Crippen LogP contribution in [0, 0.1) is 18.7 Å². The number of carbonyl (C=O) groups is 3. The molecule has 0 radical (unpaired) electrons. The number of hydrogen-bond acceptors (Lipinski definition) is 4. The Hall–Kier alpha value is -3.22. The fourth-order valence-electron chi connectivity index (χ4n) is 2.95. The average Bonchev–Trinajstić information content (AvgIpc) is 3.04. The van der Waals surface area contributed by atoms with Crippen LogP contribution in [0.2, 0.25) is 0 Å². The van der Waals surface area contributed by atoms with Gasteiger partial charge in [-0.25, -0.2) is 4.39 Å². The predicted octanol–water partition coefficient (Wildman–Crippen LogP) is 2.67. The zero-order valence-electron chi connectivity index (χ0n) is 14.8. The summed E-state index contributed by atoms with van der Waals surface area (Å²) in [5.41, 5.74) is 2.12. The summed E-state index contributed by atoms with van der Waals surface area (Å²) >= 11 is 0. The van der Waals surface area contributed by atoms with Gasteiger partial charge in [0, 0.05) is 24.3 Å². The van der Waals surface area contributed by atoms with E-state index in [-0.39, 0.29) is 18.9 Å². The molecule has 1 fully saturated rings. The molecule has 0 aromatic heterocycles. The van der Waals surface area contributed by atoms with Crippen LogP contribution in [-0.4, -0.2) is 30.9 Å². The molecule has 0 aliphatic carbocycles. The number of esters is 1. The summed E-state index contributed by atoms with van der Waals surface area (Å²) < 4.78 is 17.9. The molecule has 1 N–H and O–H groups in total. The predicted molar refractivity (Wildman–Crippen MR) is 97.6 cm³/mol. The molecule has 6 nitrogen and oxygen atoms in total. The third-order valence-electron chi connectivity index (χ3n) is 4.34. The summed E-state index contributed by atoms with van der Waals surface area (Å²) in [7, 11) is 0. The van der Waals surface area contributed by atoms with E-state index >= 15 is 0 Å². The number of amides is 2. The van der Waals surface area contributed by atoms with Crippen molar-refractivity contribution >= 4 is 29.2 Å². The van der Waals surface area contributed by atoms with Gasteiger partial charge in [-0.3, -0.25) is 14.4 Å². The standard InChI is InChI=1S/C20H19FN2O4/c1-13-4-2-3-5-17(13)23-11-14(10-19(23)25)20(26)27-12-18(24)22-16-8-6-15(21)7-9-16/h2-9,14H,10-12H2,1H3,(H,22,24)/t14-/m1/s1. The summed E-state index contributed by atoms with van der Waals surface area (Å²) in [4.78, 5) is 37.9. The number of nitrogens with one attached hydrogen (secondary N) is 1. The number of hydrogen-bond donors (Lipinski definition) is 1. The zero-order valence-corrected chi connectivity index (χ0v) is 14.8. The van der Waals surface area contributed by atoms with Crippen LogP contribution >= 0.6 is 0 Å². The third kappa shape index (κ3) is 4.49. The summed E-state index contributed by atoms with van der Waals surface area (Å²) in [5, 5.41) is 2.51. The Kier molecular flexibility index (Phi) is 5.49. The molecule has 0 unspecified atom stereocenters. The molecule has 2 aromatic rings. The first kappa shape index (κ1) is 18.6. The molecule has 0 spiro atoms. The second-order valence-electron chi connectivity index (χ2n) is 6.35. The molecular formula is C20H19FN2O4. The second-order valence-corrected chi connectivity index (χ2v) is 6.35. The lowest BCUT2D eigenvalue weighted by Crippen LogP contribution is -2.28. The molecule has 27 heavy (non-hydrogen) atoms. The van der Waals surface area contributed by atoms with E-state index in [0.29, 0.717) is 5.69 Å². The van der Waals surface area contributed by atoms with Gasteiger partial charge in [-0.2, -0.15) is 0 Å². The van der Waals surface area contributed by atoms with Crippen LogP contribution in [0.4, 0.5) is 15.8 Å². The molecule has 3 rings (SSSR count). The minimum Gasteiger partial charge on any atom is -0.455 e. The monoisotopic (exact) mass is 370 g/mol. The van der Waals surface area contributed by atoms with Crippen molar-refractivity contribution in [2.75, 3.05) is 23.4 Å². The van der Waals surface area contributed by atoms with Gasteiger partial charge in [-0.1, -0.05) is 18.2 Å². The van der Waals surface area contributed by atoms with Gasteiger partial charge in [0.2, 0.25) is 5.91 Å². The molecule has 7 heteroatoms. The van der Waals surface area contributed by atoms with Gasteiger partial charge >= 0.3 is 5.97 Å². The summed E-state index contributed by atoms with van der Waals surface area (Å²) in [6, 6.07) is 12.7. The van der Waals surface area contributed by atoms with Crippen LogP contribution in [0.5, 0.6) is 0 Å². The first-order valence-electron chi connectivity index (χ1n) is 8.52. The van der Waals surface area contributed by atoms with Crippen LogP contribution in [-0.2, 0) is 19.1 Å². The van der Waals surface area contributed by atoms with E-state index in [1.54, 1.807) is 4.90 Å². The molecule has 1 saturated heterocycles. The molecule has 0 saturated carbocycles. The van der Waals surface area contributed by atoms with Crippen molar-refractivity contribution < 1.29 is 23.5 Å². The maximum atomic E-state index is 12.8. The van der Waals surface area contributed by atoms with Crippen molar-refractivity contribution in [2.24, 2.45) is 5.92 Å². The Morgan fingerprint density at radius 2 is 1.89 bits per heavy atom. The number of rotatable bonds is 5. The highest BCUT2D eigenvalue weighted by molar-refractivity contribution is 6.00. The largest absolute Gasteiger partial charge is 0.455 e. The molecule has 2 amide bonds. The van der Waals surface area contributed by atoms with Crippen molar-refractivity contribution in [2.45, 2.75) is 13.3 Å². The van der Waals surface area contributed by atoms with Crippen molar-refractivity contribution in [1.82, 2.24) is 0 Å². The Morgan fingerprint density at radius 3 is 2.59 bits per heavy atom. The fourth-order valence-corrected chi connectivity index (χ4v) is 2.95. The van der Waals surface area contributed by atoms with Gasteiger partial charge < -0.3 is 15.0 Å². The van der Waals surface area contributed by atoms with E-state index in [4.69, 9.17) is 4.74 Å². The minimum atomic E-state index is -0.615. The summed E-state index contributed by atoms with van der Waals surface area (Å²) in [5.74, 6) is -2.30. The molecular weight excluding hydrogens is 351 g/mol. The highest BCUT2D eigenvalue weighted by Gasteiger charge is 2.36. The fraction of sp³-hybridized carbons (Fsp3) is 0.250. The van der Waals surface area contributed by atoms with Crippen molar-refractivity contribution in [1.29, 1.82) is 0 Å². The SMILES string of the molecule is Cc1ccccc1N1C[C@H](C(=O)OCC(=O)Nc2ccc(F)cc2)CC1=O. The Morgan fingerprint density at radius 1 is 1.19 bits per heavy atom. The minimum absolute atomic E-state index is 0.0484. The van der Waals surface area contributed by atoms with Crippen LogP contribution in [0.15, 0.2) is 48.5 Å². The molecule has 1 aliphatic heterocycles. The first-order valence-corrected chi connectivity index (χ1v) is 8.52. The smallest absolute Gasteiger partial charge is 0.311 e. The van der Waals surface area contributed by atoms with E-state index in [9.17, 15) is 18.8 Å². The summed E-state index contributed by atoms with van der Waals surface area (Å²) in [6.07, 6.45) is 0.0484. The molecule has 1 aliphatic rings. The van der Waals surface area contributed by atoms with E-state index in [0.717, 1.165) is 11.3 Å². The van der Waals surface area contributed by atoms with Crippen molar-refractivity contribution in [3.63, 3.8) is 0 Å². The molecule has 0 bridgehead atoms. The Bertz CT molecular complexity index is 867. The van der Waals surface area contributed by atoms with E-state index in [1.807, 2.05) is 31.2 Å². The van der Waals surface area contributed by atoms with E-state index in [2.05, 4.69) is 5.32 Å². The molecule has 1 atom stereocenters. The maximum absolute atomic E-state index is 12.8. The topological polar surface area (TPSA) is 75.7 Å². The van der Waals surface area contributed by atoms with Crippen molar-refractivity contribution in [3.05, 3.63) is 59.9 Å². The van der Waals surface area contributed by atoms with E-state index < -0.39 is 30.2 Å². The maximum Gasteiger partial charge on any atom is 0.311 e. The van der Waals surface area contributed by atoms with Gasteiger partial charge in [-0.15, -0.1) is 0 Å². The number of nitrogens with zero attached hydrogens (tertiary/aromatic N) is 1. The lowest BCUT2D eigenvalue weighted by molar-refractivity contribution is -0.151. The van der Waals surface area contributed by atoms with Crippen LogP contribution in [0.25, 0.3) is 0 Å². The Labute approximate surface area is 155 Å². The van der Waals surface area contributed by atoms with Gasteiger partial charge in [0.05, 0.1) is 5.92 Å². The summed E-state index contributed by atoms with van der Waals surface area (Å²) in [6.45, 7) is 1.65. The highest BCUT2D eigenvalue weighted by Crippen LogP contribution is 2.28. The van der Waals surface area contributed by atoms with E-state index in [1.165, 1.54) is 24.3 Å². The number of halogens is 1. The van der Waals surface area contributed by atoms with Gasteiger partial charge in [0.25, 0.3) is 5.91 Å². The van der Waals surface area contributed by atoms with Gasteiger partial charge in [0.1, 0.15) is 5.82 Å². The molecule has 140 valence electrons.